The fourth-order valence-electron chi connectivity index (χ4n) is 3.78. The zero-order chi connectivity index (χ0) is 24.9. The fourth-order valence-corrected chi connectivity index (χ4v) is 3.78. The van der Waals surface area contributed by atoms with E-state index in [1.807, 2.05) is 6.92 Å². The summed E-state index contributed by atoms with van der Waals surface area (Å²) < 4.78 is 11.1. The molecular weight excluding hydrogens is 412 g/mol. The minimum absolute atomic E-state index is 0.0284. The van der Waals surface area contributed by atoms with Crippen molar-refractivity contribution in [3.8, 4) is 12.3 Å². The molecule has 0 aromatic carbocycles. The summed E-state index contributed by atoms with van der Waals surface area (Å²) in [5.41, 5.74) is -1.56. The van der Waals surface area contributed by atoms with Crippen LogP contribution >= 0.6 is 0 Å². The number of Topliss-reactive ketones (excluding diaryl/α,β-unsaturated/α-hetero) is 1. The molecule has 4 atom stereocenters. The predicted molar refractivity (Wildman–Crippen MR) is 121 cm³/mol. The van der Waals surface area contributed by atoms with Gasteiger partial charge in [-0.15, -0.1) is 6.42 Å². The molecule has 180 valence electrons. The van der Waals surface area contributed by atoms with Crippen LogP contribution in [0.1, 0.15) is 74.7 Å². The Bertz CT molecular complexity index is 756. The number of carbonyl (C=O) groups excluding carboxylic acids is 4. The Hall–Kier alpha value is -2.56. The van der Waals surface area contributed by atoms with Gasteiger partial charge in [0.25, 0.3) is 0 Å². The Balaban J connectivity index is 3.38. The molecule has 1 aliphatic heterocycles. The third-order valence-corrected chi connectivity index (χ3v) is 5.19. The fraction of sp³-hybridized carbons (Fsp3) is 0.750. The topological polar surface area (TPSA) is 102 Å². The van der Waals surface area contributed by atoms with Crippen molar-refractivity contribution < 1.29 is 28.7 Å². The molecule has 0 aliphatic carbocycles. The van der Waals surface area contributed by atoms with Crippen molar-refractivity contribution in [3.63, 3.8) is 0 Å². The molecule has 0 saturated carbocycles. The number of carbonyl (C=O) groups is 4. The van der Waals surface area contributed by atoms with Crippen molar-refractivity contribution in [3.05, 3.63) is 0 Å². The molecule has 8 heteroatoms. The van der Waals surface area contributed by atoms with Crippen LogP contribution < -0.4 is 5.32 Å². The smallest absolute Gasteiger partial charge is 0.411 e. The van der Waals surface area contributed by atoms with Crippen LogP contribution in [0.15, 0.2) is 0 Å². The molecular formula is C24H38N2O6. The Labute approximate surface area is 191 Å². The van der Waals surface area contributed by atoms with Crippen LogP contribution in [0.4, 0.5) is 4.79 Å². The summed E-state index contributed by atoms with van der Waals surface area (Å²) in [6, 6.07) is -1.64. The Morgan fingerprint density at radius 3 is 2.09 bits per heavy atom. The van der Waals surface area contributed by atoms with Gasteiger partial charge in [0, 0.05) is 19.5 Å². The number of amides is 2. The van der Waals surface area contributed by atoms with Crippen molar-refractivity contribution in [2.24, 2.45) is 11.8 Å². The minimum atomic E-state index is -0.991. The third kappa shape index (κ3) is 8.18. The third-order valence-electron chi connectivity index (χ3n) is 5.19. The molecule has 0 aromatic rings. The van der Waals surface area contributed by atoms with Gasteiger partial charge in [-0.1, -0.05) is 13.3 Å². The van der Waals surface area contributed by atoms with Crippen molar-refractivity contribution in [2.75, 3.05) is 6.54 Å². The molecule has 0 aromatic heterocycles. The van der Waals surface area contributed by atoms with Crippen molar-refractivity contribution in [2.45, 2.75) is 97.9 Å². The first kappa shape index (κ1) is 27.5. The largest absolute Gasteiger partial charge is 0.458 e. The van der Waals surface area contributed by atoms with Crippen molar-refractivity contribution in [1.82, 2.24) is 10.2 Å². The average Bonchev–Trinajstić information content (AvgIpc) is 3.01. The number of hydrogen-bond acceptors (Lipinski definition) is 6. The summed E-state index contributed by atoms with van der Waals surface area (Å²) >= 11 is 0. The highest BCUT2D eigenvalue weighted by atomic mass is 16.6. The molecule has 1 saturated heterocycles. The maximum absolute atomic E-state index is 13.2. The molecule has 1 aliphatic rings. The summed E-state index contributed by atoms with van der Waals surface area (Å²) in [4.78, 5) is 51.6. The van der Waals surface area contributed by atoms with E-state index in [-0.39, 0.29) is 18.2 Å². The molecule has 1 rings (SSSR count). The van der Waals surface area contributed by atoms with Gasteiger partial charge in [-0.05, 0) is 66.2 Å². The van der Waals surface area contributed by atoms with Crippen LogP contribution in [-0.4, -0.2) is 58.5 Å². The second-order valence-electron chi connectivity index (χ2n) is 10.3. The lowest BCUT2D eigenvalue weighted by atomic mass is 9.87. The van der Waals surface area contributed by atoms with Gasteiger partial charge >= 0.3 is 12.1 Å². The normalized spacial score (nSPS) is 22.0. The Morgan fingerprint density at radius 1 is 1.09 bits per heavy atom. The number of esters is 1. The second kappa shape index (κ2) is 10.8. The lowest BCUT2D eigenvalue weighted by molar-refractivity contribution is -0.160. The standard InChI is InChI=1S/C24H38N2O6/c1-10-16(14-25-15(3)27)12-18-17(20(28)11-2)13-19(21(29)31-23(4,5)6)26(18)22(30)32-24(7,8)9/h2,16-19H,10,12-14H2,1,3-9H3,(H,25,27)/t16?,17-,18-,19-/m1/s1. The van der Waals surface area contributed by atoms with Gasteiger partial charge in [0.2, 0.25) is 11.7 Å². The average molecular weight is 451 g/mol. The van der Waals surface area contributed by atoms with Gasteiger partial charge in [-0.25, -0.2) is 9.59 Å². The molecule has 1 fully saturated rings. The highest BCUT2D eigenvalue weighted by Crippen LogP contribution is 2.37. The zero-order valence-electron chi connectivity index (χ0n) is 20.6. The van der Waals surface area contributed by atoms with Crippen molar-refractivity contribution >= 4 is 23.8 Å². The predicted octanol–water partition coefficient (Wildman–Crippen LogP) is 3.08. The zero-order valence-corrected chi connectivity index (χ0v) is 20.6. The number of rotatable bonds is 7. The molecule has 0 bridgehead atoms. The number of likely N-dealkylation sites (tertiary alicyclic amines) is 1. The lowest BCUT2D eigenvalue weighted by Crippen LogP contribution is -2.50. The molecule has 2 amide bonds. The van der Waals surface area contributed by atoms with E-state index < -0.39 is 47.0 Å². The monoisotopic (exact) mass is 450 g/mol. The van der Waals surface area contributed by atoms with E-state index in [0.717, 1.165) is 0 Å². The quantitative estimate of drug-likeness (QED) is 0.363. The Kier molecular flexibility index (Phi) is 9.31. The molecule has 1 heterocycles. The number of hydrogen-bond donors (Lipinski definition) is 1. The summed E-state index contributed by atoms with van der Waals surface area (Å²) in [5, 5.41) is 2.79. The highest BCUT2D eigenvalue weighted by Gasteiger charge is 2.52. The van der Waals surface area contributed by atoms with Crippen LogP contribution in [0.2, 0.25) is 0 Å². The number of ether oxygens (including phenoxy) is 2. The Morgan fingerprint density at radius 2 is 1.66 bits per heavy atom. The first-order valence-electron chi connectivity index (χ1n) is 11.1. The van der Waals surface area contributed by atoms with Gasteiger partial charge in [0.05, 0.1) is 5.92 Å². The molecule has 32 heavy (non-hydrogen) atoms. The first-order chi connectivity index (χ1) is 14.6. The van der Waals surface area contributed by atoms with Crippen LogP contribution in [0, 0.1) is 24.2 Å². The van der Waals surface area contributed by atoms with E-state index in [1.54, 1.807) is 41.5 Å². The lowest BCUT2D eigenvalue weighted by Gasteiger charge is -2.34. The molecule has 1 N–H and O–H groups in total. The van der Waals surface area contributed by atoms with Crippen molar-refractivity contribution in [1.29, 1.82) is 0 Å². The number of nitrogens with one attached hydrogen (secondary N) is 1. The minimum Gasteiger partial charge on any atom is -0.458 e. The van der Waals surface area contributed by atoms with E-state index in [0.29, 0.717) is 19.4 Å². The second-order valence-corrected chi connectivity index (χ2v) is 10.3. The van der Waals surface area contributed by atoms with Crippen LogP contribution in [0.3, 0.4) is 0 Å². The maximum atomic E-state index is 13.2. The van der Waals surface area contributed by atoms with E-state index >= 15 is 0 Å². The SMILES string of the molecule is C#CC(=O)[C@@H]1C[C@H](C(=O)OC(C)(C)C)N(C(=O)OC(C)(C)C)[C@@H]1CC(CC)CNC(C)=O. The number of ketones is 1. The van der Waals surface area contributed by atoms with E-state index in [1.165, 1.54) is 11.8 Å². The van der Waals surface area contributed by atoms with Gasteiger partial charge < -0.3 is 14.8 Å². The van der Waals surface area contributed by atoms with Crippen LogP contribution in [0.5, 0.6) is 0 Å². The number of terminal acetylenes is 1. The summed E-state index contributed by atoms with van der Waals surface area (Å²) in [6.07, 6.45) is 5.87. The van der Waals surface area contributed by atoms with E-state index in [9.17, 15) is 19.2 Å². The van der Waals surface area contributed by atoms with Gasteiger partial charge in [0.1, 0.15) is 17.2 Å². The van der Waals surface area contributed by atoms with Gasteiger partial charge in [-0.2, -0.15) is 0 Å². The van der Waals surface area contributed by atoms with E-state index in [2.05, 4.69) is 11.2 Å². The highest BCUT2D eigenvalue weighted by molar-refractivity contribution is 5.99. The summed E-state index contributed by atoms with van der Waals surface area (Å²) in [6.45, 7) is 14.2. The summed E-state index contributed by atoms with van der Waals surface area (Å²) in [5.74, 6) is 0.165. The van der Waals surface area contributed by atoms with Gasteiger partial charge in [-0.3, -0.25) is 14.5 Å². The summed E-state index contributed by atoms with van der Waals surface area (Å²) in [7, 11) is 0. The number of nitrogens with zero attached hydrogens (tertiary/aromatic N) is 1. The first-order valence-corrected chi connectivity index (χ1v) is 11.1. The van der Waals surface area contributed by atoms with Gasteiger partial charge in [0.15, 0.2) is 0 Å². The molecule has 0 radical (unpaired) electrons. The maximum Gasteiger partial charge on any atom is 0.411 e. The molecule has 0 spiro atoms. The molecule has 1 unspecified atom stereocenters. The van der Waals surface area contributed by atoms with Crippen LogP contribution in [0.25, 0.3) is 0 Å². The van der Waals surface area contributed by atoms with E-state index in [4.69, 9.17) is 15.9 Å². The van der Waals surface area contributed by atoms with Crippen LogP contribution in [-0.2, 0) is 23.9 Å². The molecule has 8 nitrogen and oxygen atoms in total.